The molecule has 1 saturated heterocycles. The van der Waals surface area contributed by atoms with E-state index >= 15 is 0 Å². The van der Waals surface area contributed by atoms with E-state index in [9.17, 15) is 9.59 Å². The van der Waals surface area contributed by atoms with Crippen LogP contribution in [0.5, 0.6) is 0 Å². The topological polar surface area (TPSA) is 57.6 Å². The van der Waals surface area contributed by atoms with Gasteiger partial charge in [-0.3, -0.25) is 4.79 Å². The van der Waals surface area contributed by atoms with E-state index in [4.69, 9.17) is 5.11 Å². The standard InChI is InChI=1S/C16H19NO3/c1-3-12-4-6-17(7-5-12)15(18)13-8-11(2)9-14(10-13)16(19)20/h3,8-10,12H,1,4-7H2,2H3,(H,19,20). The van der Waals surface area contributed by atoms with Gasteiger partial charge in [-0.2, -0.15) is 0 Å². The van der Waals surface area contributed by atoms with E-state index in [1.165, 1.54) is 6.07 Å². The minimum atomic E-state index is -1.01. The van der Waals surface area contributed by atoms with Crippen molar-refractivity contribution < 1.29 is 14.7 Å². The molecule has 1 amide bonds. The summed E-state index contributed by atoms with van der Waals surface area (Å²) < 4.78 is 0. The SMILES string of the molecule is C=CC1CCN(C(=O)c2cc(C)cc(C(=O)O)c2)CC1. The first kappa shape index (κ1) is 14.3. The van der Waals surface area contributed by atoms with Crippen molar-refractivity contribution in [3.05, 3.63) is 47.5 Å². The summed E-state index contributed by atoms with van der Waals surface area (Å²) >= 11 is 0. The fourth-order valence-corrected chi connectivity index (χ4v) is 2.55. The summed E-state index contributed by atoms with van der Waals surface area (Å²) in [4.78, 5) is 25.3. The van der Waals surface area contributed by atoms with Gasteiger partial charge in [-0.1, -0.05) is 6.08 Å². The first-order valence-electron chi connectivity index (χ1n) is 6.78. The van der Waals surface area contributed by atoms with Crippen LogP contribution >= 0.6 is 0 Å². The summed E-state index contributed by atoms with van der Waals surface area (Å²) in [7, 11) is 0. The van der Waals surface area contributed by atoms with Crippen LogP contribution in [0.2, 0.25) is 0 Å². The lowest BCUT2D eigenvalue weighted by Gasteiger charge is -2.30. The number of carbonyl (C=O) groups excluding carboxylic acids is 1. The quantitative estimate of drug-likeness (QED) is 0.861. The third-order valence-corrected chi connectivity index (χ3v) is 3.73. The molecule has 0 spiro atoms. The van der Waals surface area contributed by atoms with Crippen molar-refractivity contribution in [1.82, 2.24) is 4.90 Å². The maximum Gasteiger partial charge on any atom is 0.335 e. The van der Waals surface area contributed by atoms with Crippen molar-refractivity contribution in [1.29, 1.82) is 0 Å². The van der Waals surface area contributed by atoms with E-state index in [1.54, 1.807) is 24.0 Å². The van der Waals surface area contributed by atoms with Crippen LogP contribution < -0.4 is 0 Å². The number of carboxylic acids is 1. The average Bonchev–Trinajstić information content (AvgIpc) is 2.46. The normalized spacial score (nSPS) is 15.9. The zero-order valence-electron chi connectivity index (χ0n) is 11.6. The van der Waals surface area contributed by atoms with Crippen molar-refractivity contribution in [3.8, 4) is 0 Å². The van der Waals surface area contributed by atoms with E-state index in [0.29, 0.717) is 24.6 Å². The predicted octanol–water partition coefficient (Wildman–Crippen LogP) is 2.73. The summed E-state index contributed by atoms with van der Waals surface area (Å²) in [6.45, 7) is 6.99. The molecule has 2 rings (SSSR count). The Bertz CT molecular complexity index is 543. The van der Waals surface area contributed by atoms with Gasteiger partial charge in [0.2, 0.25) is 0 Å². The van der Waals surface area contributed by atoms with Gasteiger partial charge in [-0.15, -0.1) is 6.58 Å². The number of hydrogen-bond donors (Lipinski definition) is 1. The van der Waals surface area contributed by atoms with Crippen LogP contribution in [-0.2, 0) is 0 Å². The van der Waals surface area contributed by atoms with Crippen LogP contribution in [0.1, 0.15) is 39.1 Å². The lowest BCUT2D eigenvalue weighted by molar-refractivity contribution is 0.0696. The molecule has 0 aliphatic carbocycles. The van der Waals surface area contributed by atoms with Crippen molar-refractivity contribution in [2.24, 2.45) is 5.92 Å². The zero-order valence-corrected chi connectivity index (χ0v) is 11.6. The number of piperidine rings is 1. The Kier molecular flexibility index (Phi) is 4.23. The summed E-state index contributed by atoms with van der Waals surface area (Å²) in [6, 6.07) is 4.77. The van der Waals surface area contributed by atoms with Gasteiger partial charge in [-0.25, -0.2) is 4.79 Å². The number of carbonyl (C=O) groups is 2. The second kappa shape index (κ2) is 5.90. The fraction of sp³-hybridized carbons (Fsp3) is 0.375. The van der Waals surface area contributed by atoms with Crippen molar-refractivity contribution in [2.45, 2.75) is 19.8 Å². The largest absolute Gasteiger partial charge is 0.478 e. The Morgan fingerprint density at radius 1 is 1.25 bits per heavy atom. The Labute approximate surface area is 118 Å². The maximum absolute atomic E-state index is 12.4. The number of rotatable bonds is 3. The van der Waals surface area contributed by atoms with E-state index < -0.39 is 5.97 Å². The van der Waals surface area contributed by atoms with Crippen LogP contribution in [0.15, 0.2) is 30.9 Å². The number of hydrogen-bond acceptors (Lipinski definition) is 2. The molecule has 0 aromatic heterocycles. The smallest absolute Gasteiger partial charge is 0.335 e. The third-order valence-electron chi connectivity index (χ3n) is 3.73. The van der Waals surface area contributed by atoms with Gasteiger partial charge in [-0.05, 0) is 49.4 Å². The Balaban J connectivity index is 2.17. The Morgan fingerprint density at radius 2 is 1.85 bits per heavy atom. The van der Waals surface area contributed by atoms with Crippen LogP contribution in [0.25, 0.3) is 0 Å². The molecule has 4 nitrogen and oxygen atoms in total. The number of aromatic carboxylic acids is 1. The van der Waals surface area contributed by atoms with Crippen LogP contribution in [0.4, 0.5) is 0 Å². The molecule has 20 heavy (non-hydrogen) atoms. The molecule has 4 heteroatoms. The van der Waals surface area contributed by atoms with Crippen molar-refractivity contribution in [3.63, 3.8) is 0 Å². The minimum Gasteiger partial charge on any atom is -0.478 e. The monoisotopic (exact) mass is 273 g/mol. The van der Waals surface area contributed by atoms with Gasteiger partial charge in [0.15, 0.2) is 0 Å². The minimum absolute atomic E-state index is 0.0845. The summed E-state index contributed by atoms with van der Waals surface area (Å²) in [5.74, 6) is -0.613. The molecule has 1 aliphatic heterocycles. The lowest BCUT2D eigenvalue weighted by Crippen LogP contribution is -2.38. The molecule has 0 radical (unpaired) electrons. The molecule has 1 N–H and O–H groups in total. The zero-order chi connectivity index (χ0) is 14.7. The van der Waals surface area contributed by atoms with Gasteiger partial charge in [0.1, 0.15) is 0 Å². The highest BCUT2D eigenvalue weighted by molar-refractivity contribution is 5.97. The van der Waals surface area contributed by atoms with Gasteiger partial charge in [0.25, 0.3) is 5.91 Å². The lowest BCUT2D eigenvalue weighted by atomic mass is 9.96. The average molecular weight is 273 g/mol. The highest BCUT2D eigenvalue weighted by atomic mass is 16.4. The summed E-state index contributed by atoms with van der Waals surface area (Å²) in [6.07, 6.45) is 3.79. The second-order valence-corrected chi connectivity index (χ2v) is 5.26. The Morgan fingerprint density at radius 3 is 2.40 bits per heavy atom. The molecule has 1 aromatic rings. The van der Waals surface area contributed by atoms with Gasteiger partial charge < -0.3 is 10.0 Å². The second-order valence-electron chi connectivity index (χ2n) is 5.26. The molecule has 1 aliphatic rings. The summed E-state index contributed by atoms with van der Waals surface area (Å²) in [5, 5.41) is 9.06. The van der Waals surface area contributed by atoms with Crippen molar-refractivity contribution in [2.75, 3.05) is 13.1 Å². The number of nitrogens with zero attached hydrogens (tertiary/aromatic N) is 1. The highest BCUT2D eigenvalue weighted by Gasteiger charge is 2.22. The predicted molar refractivity (Wildman–Crippen MR) is 77.0 cm³/mol. The molecule has 0 atom stereocenters. The molecule has 1 fully saturated rings. The fourth-order valence-electron chi connectivity index (χ4n) is 2.55. The van der Waals surface area contributed by atoms with E-state index in [2.05, 4.69) is 6.58 Å². The van der Waals surface area contributed by atoms with Crippen LogP contribution in [0.3, 0.4) is 0 Å². The number of allylic oxidation sites excluding steroid dienone is 1. The Hall–Kier alpha value is -2.10. The molecule has 1 heterocycles. The molecule has 106 valence electrons. The van der Waals surface area contributed by atoms with Gasteiger partial charge in [0, 0.05) is 18.7 Å². The maximum atomic E-state index is 12.4. The van der Waals surface area contributed by atoms with Gasteiger partial charge >= 0.3 is 5.97 Å². The number of aryl methyl sites for hydroxylation is 1. The van der Waals surface area contributed by atoms with Crippen LogP contribution in [0, 0.1) is 12.8 Å². The van der Waals surface area contributed by atoms with E-state index in [1.807, 2.05) is 6.08 Å². The first-order chi connectivity index (χ1) is 9.51. The molecule has 0 bridgehead atoms. The van der Waals surface area contributed by atoms with E-state index in [0.717, 1.165) is 18.4 Å². The van der Waals surface area contributed by atoms with E-state index in [-0.39, 0.29) is 11.5 Å². The summed E-state index contributed by atoms with van der Waals surface area (Å²) in [5.41, 5.74) is 1.41. The van der Waals surface area contributed by atoms with Crippen LogP contribution in [-0.4, -0.2) is 35.0 Å². The first-order valence-corrected chi connectivity index (χ1v) is 6.78. The van der Waals surface area contributed by atoms with Gasteiger partial charge in [0.05, 0.1) is 5.56 Å². The molecular formula is C16H19NO3. The number of amides is 1. The number of likely N-dealkylation sites (tertiary alicyclic amines) is 1. The van der Waals surface area contributed by atoms with Crippen molar-refractivity contribution >= 4 is 11.9 Å². The molecule has 0 saturated carbocycles. The highest BCUT2D eigenvalue weighted by Crippen LogP contribution is 2.20. The molecular weight excluding hydrogens is 254 g/mol. The molecule has 0 unspecified atom stereocenters. The molecule has 1 aromatic carbocycles. The number of carboxylic acid groups (broad SMARTS) is 1. The third kappa shape index (κ3) is 3.07. The number of benzene rings is 1.